The maximum Gasteiger partial charge on any atom is 0.338 e. The number of hydrogen-bond acceptors (Lipinski definition) is 9. The molecule has 5 atom stereocenters. The van der Waals surface area contributed by atoms with E-state index in [-0.39, 0.29) is 13.2 Å². The highest BCUT2D eigenvalue weighted by atomic mass is 32.2. The summed E-state index contributed by atoms with van der Waals surface area (Å²) in [5, 5.41) is 0. The summed E-state index contributed by atoms with van der Waals surface area (Å²) in [6, 6.07) is 25.9. The van der Waals surface area contributed by atoms with Crippen molar-refractivity contribution < 1.29 is 38.1 Å². The SMILES string of the molecule is CC(=O)OC[C@@H]1O[C@@H](Sc2ccc(C)cc2)[C@H](OC(=O)c2ccccc2)[C@@H](OCc2ccccc2)[C@@H]1OC(C)=O. The highest BCUT2D eigenvalue weighted by Gasteiger charge is 2.51. The molecule has 1 aliphatic heterocycles. The number of carbonyl (C=O) groups excluding carboxylic acids is 3. The predicted molar refractivity (Wildman–Crippen MR) is 149 cm³/mol. The standard InChI is InChI=1S/C31H32O8S/c1-20-14-16-25(17-15-20)40-31-29(39-30(34)24-12-8-5-9-13-24)28(36-18-23-10-6-4-7-11-23)27(37-22(3)33)26(38-31)19-35-21(2)32/h4-17,26-29,31H,18-19H2,1-3H3/t26-,27+,28-,29+,31-/m0/s1. The van der Waals surface area contributed by atoms with Gasteiger partial charge in [0.05, 0.1) is 12.2 Å². The molecule has 210 valence electrons. The average Bonchev–Trinajstić information content (AvgIpc) is 2.95. The highest BCUT2D eigenvalue weighted by molar-refractivity contribution is 7.99. The van der Waals surface area contributed by atoms with E-state index in [9.17, 15) is 14.4 Å². The summed E-state index contributed by atoms with van der Waals surface area (Å²) in [6.07, 6.45) is -3.82. The number of ether oxygens (including phenoxy) is 5. The van der Waals surface area contributed by atoms with E-state index in [0.29, 0.717) is 5.56 Å². The number of rotatable bonds is 10. The molecule has 0 aliphatic carbocycles. The van der Waals surface area contributed by atoms with E-state index in [1.165, 1.54) is 25.6 Å². The maximum absolute atomic E-state index is 13.3. The van der Waals surface area contributed by atoms with Crippen LogP contribution in [0.25, 0.3) is 0 Å². The van der Waals surface area contributed by atoms with Crippen molar-refractivity contribution in [3.63, 3.8) is 0 Å². The van der Waals surface area contributed by atoms with E-state index in [1.807, 2.05) is 61.5 Å². The second kappa shape index (κ2) is 14.1. The van der Waals surface area contributed by atoms with Gasteiger partial charge in [-0.05, 0) is 36.8 Å². The normalized spacial score (nSPS) is 22.2. The Balaban J connectivity index is 1.72. The van der Waals surface area contributed by atoms with Crippen LogP contribution >= 0.6 is 11.8 Å². The van der Waals surface area contributed by atoms with Crippen molar-refractivity contribution in [2.75, 3.05) is 6.61 Å². The Hall–Kier alpha value is -3.66. The van der Waals surface area contributed by atoms with Crippen molar-refractivity contribution in [3.05, 3.63) is 102 Å². The van der Waals surface area contributed by atoms with Gasteiger partial charge < -0.3 is 23.7 Å². The van der Waals surface area contributed by atoms with Gasteiger partial charge in [0, 0.05) is 18.7 Å². The Kier molecular flexibility index (Phi) is 10.3. The fraction of sp³-hybridized carbons (Fsp3) is 0.323. The Morgan fingerprint density at radius 3 is 2.05 bits per heavy atom. The minimum atomic E-state index is -1.02. The summed E-state index contributed by atoms with van der Waals surface area (Å²) in [5.74, 6) is -1.66. The van der Waals surface area contributed by atoms with E-state index in [2.05, 4.69) is 0 Å². The Bertz CT molecular complexity index is 1270. The van der Waals surface area contributed by atoms with Gasteiger partial charge in [-0.1, -0.05) is 78.0 Å². The molecule has 0 bridgehead atoms. The molecule has 3 aromatic rings. The monoisotopic (exact) mass is 564 g/mol. The van der Waals surface area contributed by atoms with Crippen molar-refractivity contribution in [2.24, 2.45) is 0 Å². The van der Waals surface area contributed by atoms with Crippen molar-refractivity contribution in [3.8, 4) is 0 Å². The van der Waals surface area contributed by atoms with Crippen LogP contribution in [0.15, 0.2) is 89.8 Å². The van der Waals surface area contributed by atoms with Crippen molar-refractivity contribution in [1.29, 1.82) is 0 Å². The van der Waals surface area contributed by atoms with Crippen LogP contribution in [0.5, 0.6) is 0 Å². The molecule has 1 saturated heterocycles. The fourth-order valence-corrected chi connectivity index (χ4v) is 5.34. The lowest BCUT2D eigenvalue weighted by atomic mass is 9.99. The second-order valence-corrected chi connectivity index (χ2v) is 10.5. The summed E-state index contributed by atoms with van der Waals surface area (Å²) in [7, 11) is 0. The molecule has 0 spiro atoms. The van der Waals surface area contributed by atoms with Gasteiger partial charge in [0.25, 0.3) is 0 Å². The Morgan fingerprint density at radius 2 is 1.43 bits per heavy atom. The number of benzene rings is 3. The number of aryl methyl sites for hydroxylation is 1. The molecule has 9 heteroatoms. The largest absolute Gasteiger partial charge is 0.463 e. The number of thioether (sulfide) groups is 1. The zero-order chi connectivity index (χ0) is 28.5. The highest BCUT2D eigenvalue weighted by Crippen LogP contribution is 2.38. The van der Waals surface area contributed by atoms with Gasteiger partial charge in [0.2, 0.25) is 0 Å². The lowest BCUT2D eigenvalue weighted by Crippen LogP contribution is -2.61. The fourth-order valence-electron chi connectivity index (χ4n) is 4.24. The third-order valence-electron chi connectivity index (χ3n) is 6.16. The summed E-state index contributed by atoms with van der Waals surface area (Å²) < 4.78 is 29.8. The van der Waals surface area contributed by atoms with Gasteiger partial charge in [-0.15, -0.1) is 0 Å². The molecule has 1 heterocycles. The van der Waals surface area contributed by atoms with Crippen LogP contribution in [0.1, 0.15) is 35.3 Å². The summed E-state index contributed by atoms with van der Waals surface area (Å²) >= 11 is 1.34. The van der Waals surface area contributed by atoms with Gasteiger partial charge in [0.1, 0.15) is 24.3 Å². The average molecular weight is 565 g/mol. The first-order valence-electron chi connectivity index (χ1n) is 12.9. The summed E-state index contributed by atoms with van der Waals surface area (Å²) in [6.45, 7) is 4.53. The van der Waals surface area contributed by atoms with Crippen LogP contribution in [0.3, 0.4) is 0 Å². The Labute approximate surface area is 237 Å². The molecule has 0 unspecified atom stereocenters. The predicted octanol–water partition coefficient (Wildman–Crippen LogP) is 5.12. The zero-order valence-corrected chi connectivity index (χ0v) is 23.4. The molecule has 0 radical (unpaired) electrons. The minimum Gasteiger partial charge on any atom is -0.463 e. The van der Waals surface area contributed by atoms with E-state index >= 15 is 0 Å². The van der Waals surface area contributed by atoms with Crippen LogP contribution in [-0.2, 0) is 39.9 Å². The molecule has 4 rings (SSSR count). The van der Waals surface area contributed by atoms with Gasteiger partial charge in [-0.2, -0.15) is 0 Å². The number of carbonyl (C=O) groups is 3. The third-order valence-corrected chi connectivity index (χ3v) is 7.31. The van der Waals surface area contributed by atoms with Crippen molar-refractivity contribution in [2.45, 2.75) is 62.1 Å². The molecular weight excluding hydrogens is 532 g/mol. The summed E-state index contributed by atoms with van der Waals surface area (Å²) in [5.41, 5.74) is 1.55. The van der Waals surface area contributed by atoms with Crippen LogP contribution in [-0.4, -0.2) is 54.4 Å². The first kappa shape index (κ1) is 29.3. The third kappa shape index (κ3) is 8.17. The molecule has 0 aromatic heterocycles. The first-order valence-corrected chi connectivity index (χ1v) is 13.8. The molecule has 0 N–H and O–H groups in total. The van der Waals surface area contributed by atoms with Gasteiger partial charge >= 0.3 is 17.9 Å². The van der Waals surface area contributed by atoms with Crippen LogP contribution < -0.4 is 0 Å². The van der Waals surface area contributed by atoms with Crippen molar-refractivity contribution in [1.82, 2.24) is 0 Å². The van der Waals surface area contributed by atoms with Crippen LogP contribution in [0.4, 0.5) is 0 Å². The number of esters is 3. The first-order chi connectivity index (χ1) is 19.3. The molecule has 0 saturated carbocycles. The lowest BCUT2D eigenvalue weighted by Gasteiger charge is -2.44. The van der Waals surface area contributed by atoms with Crippen molar-refractivity contribution >= 4 is 29.7 Å². The molecular formula is C31H32O8S. The quantitative estimate of drug-likeness (QED) is 0.246. The Morgan fingerprint density at radius 1 is 0.775 bits per heavy atom. The molecule has 1 aliphatic rings. The molecule has 1 fully saturated rings. The van der Waals surface area contributed by atoms with Crippen LogP contribution in [0.2, 0.25) is 0 Å². The van der Waals surface area contributed by atoms with Gasteiger partial charge in [-0.25, -0.2) is 4.79 Å². The second-order valence-electron chi connectivity index (χ2n) is 9.35. The molecule has 3 aromatic carbocycles. The maximum atomic E-state index is 13.3. The van der Waals surface area contributed by atoms with E-state index < -0.39 is 47.8 Å². The minimum absolute atomic E-state index is 0.158. The van der Waals surface area contributed by atoms with Gasteiger partial charge in [0.15, 0.2) is 12.2 Å². The zero-order valence-electron chi connectivity index (χ0n) is 22.6. The topological polar surface area (TPSA) is 97.4 Å². The van der Waals surface area contributed by atoms with E-state index in [1.54, 1.807) is 30.3 Å². The molecule has 0 amide bonds. The van der Waals surface area contributed by atoms with E-state index in [0.717, 1.165) is 16.0 Å². The molecule has 8 nitrogen and oxygen atoms in total. The lowest BCUT2D eigenvalue weighted by molar-refractivity contribution is -0.235. The molecule has 40 heavy (non-hydrogen) atoms. The smallest absolute Gasteiger partial charge is 0.338 e. The van der Waals surface area contributed by atoms with Crippen LogP contribution in [0, 0.1) is 6.92 Å². The summed E-state index contributed by atoms with van der Waals surface area (Å²) in [4.78, 5) is 38.1. The van der Waals surface area contributed by atoms with E-state index in [4.69, 9.17) is 23.7 Å². The number of hydrogen-bond donors (Lipinski definition) is 0. The van der Waals surface area contributed by atoms with Gasteiger partial charge in [-0.3, -0.25) is 9.59 Å².